The van der Waals surface area contributed by atoms with Gasteiger partial charge in [0.1, 0.15) is 11.4 Å². The van der Waals surface area contributed by atoms with Crippen molar-refractivity contribution in [2.75, 3.05) is 11.5 Å². The van der Waals surface area contributed by atoms with Crippen LogP contribution >= 0.6 is 0 Å². The van der Waals surface area contributed by atoms with Crippen LogP contribution in [0.2, 0.25) is 0 Å². The van der Waals surface area contributed by atoms with Crippen molar-refractivity contribution >= 4 is 17.6 Å². The van der Waals surface area contributed by atoms with E-state index < -0.39 is 10.7 Å². The number of rotatable bonds is 2. The number of hydrogen-bond donors (Lipinski definition) is 2. The van der Waals surface area contributed by atoms with Gasteiger partial charge in [-0.3, -0.25) is 10.1 Å². The third-order valence-corrected chi connectivity index (χ3v) is 2.07. The van der Waals surface area contributed by atoms with Crippen molar-refractivity contribution < 1.29 is 9.31 Å². The first-order valence-corrected chi connectivity index (χ1v) is 4.68. The lowest BCUT2D eigenvalue weighted by Crippen LogP contribution is -2.05. The molecule has 9 heteroatoms. The summed E-state index contributed by atoms with van der Waals surface area (Å²) in [6.45, 7) is 0. The molecule has 0 fully saturated rings. The molecule has 0 spiro atoms. The number of nitro groups is 1. The van der Waals surface area contributed by atoms with E-state index >= 15 is 0 Å². The molecule has 0 bridgehead atoms. The Balaban J connectivity index is 2.68. The van der Waals surface area contributed by atoms with Gasteiger partial charge in [0.15, 0.2) is 5.82 Å². The Morgan fingerprint density at radius 2 is 1.78 bits per heavy atom. The molecule has 18 heavy (non-hydrogen) atoms. The molecule has 0 saturated heterocycles. The van der Waals surface area contributed by atoms with Crippen LogP contribution in [0, 0.1) is 15.9 Å². The van der Waals surface area contributed by atoms with Gasteiger partial charge in [-0.15, -0.1) is 0 Å². The summed E-state index contributed by atoms with van der Waals surface area (Å²) in [4.78, 5) is 21.1. The van der Waals surface area contributed by atoms with Crippen LogP contribution in [0.5, 0.6) is 0 Å². The molecule has 0 saturated carbocycles. The monoisotopic (exact) mass is 250 g/mol. The molecule has 4 N–H and O–H groups in total. The van der Waals surface area contributed by atoms with E-state index in [9.17, 15) is 14.5 Å². The van der Waals surface area contributed by atoms with E-state index in [1.807, 2.05) is 0 Å². The molecule has 0 atom stereocenters. The van der Waals surface area contributed by atoms with Crippen molar-refractivity contribution in [1.29, 1.82) is 0 Å². The SMILES string of the molecule is Nc1nc(N)nc(-c2cc(F)ccc2[N+](=O)[O-])n1. The van der Waals surface area contributed by atoms with Gasteiger partial charge in [0.25, 0.3) is 5.69 Å². The van der Waals surface area contributed by atoms with Gasteiger partial charge in [0.05, 0.1) is 4.92 Å². The second-order valence-corrected chi connectivity index (χ2v) is 3.29. The smallest absolute Gasteiger partial charge is 0.280 e. The van der Waals surface area contributed by atoms with Gasteiger partial charge in [0, 0.05) is 6.07 Å². The third-order valence-electron chi connectivity index (χ3n) is 2.07. The summed E-state index contributed by atoms with van der Waals surface area (Å²) < 4.78 is 13.1. The Bertz CT molecular complexity index is 612. The van der Waals surface area contributed by atoms with Crippen LogP contribution in [0.25, 0.3) is 11.4 Å². The first kappa shape index (κ1) is 11.6. The summed E-state index contributed by atoms with van der Waals surface area (Å²) in [6, 6.07) is 2.92. The Morgan fingerprint density at radius 1 is 1.17 bits per heavy atom. The summed E-state index contributed by atoms with van der Waals surface area (Å²) in [5.41, 5.74) is 10.3. The zero-order valence-electron chi connectivity index (χ0n) is 8.87. The van der Waals surface area contributed by atoms with Crippen LogP contribution in [-0.4, -0.2) is 19.9 Å². The van der Waals surface area contributed by atoms with E-state index in [1.54, 1.807) is 0 Å². The zero-order chi connectivity index (χ0) is 13.3. The topological polar surface area (TPSA) is 134 Å². The molecule has 0 aliphatic heterocycles. The first-order chi connectivity index (χ1) is 8.47. The molecule has 1 heterocycles. The highest BCUT2D eigenvalue weighted by molar-refractivity contribution is 5.68. The number of nitro benzene ring substituents is 1. The first-order valence-electron chi connectivity index (χ1n) is 4.68. The minimum absolute atomic E-state index is 0.110. The predicted octanol–water partition coefficient (Wildman–Crippen LogP) is 0.750. The summed E-state index contributed by atoms with van der Waals surface area (Å²) in [6.07, 6.45) is 0. The number of anilines is 2. The van der Waals surface area contributed by atoms with E-state index in [0.717, 1.165) is 18.2 Å². The highest BCUT2D eigenvalue weighted by Crippen LogP contribution is 2.28. The second-order valence-electron chi connectivity index (χ2n) is 3.29. The standard InChI is InChI=1S/C9H7FN6O2/c10-4-1-2-6(16(17)18)5(3-4)7-13-8(11)15-9(12)14-7/h1-3H,(H4,11,12,13,14,15). The second kappa shape index (κ2) is 4.20. The van der Waals surface area contributed by atoms with Crippen molar-refractivity contribution in [3.8, 4) is 11.4 Å². The Kier molecular flexibility index (Phi) is 2.72. The van der Waals surface area contributed by atoms with Crippen molar-refractivity contribution in [2.24, 2.45) is 0 Å². The molecular weight excluding hydrogens is 243 g/mol. The number of nitrogens with zero attached hydrogens (tertiary/aromatic N) is 4. The summed E-state index contributed by atoms with van der Waals surface area (Å²) >= 11 is 0. The van der Waals surface area contributed by atoms with Crippen LogP contribution < -0.4 is 11.5 Å². The Hall–Kier alpha value is -2.84. The van der Waals surface area contributed by atoms with E-state index in [-0.39, 0.29) is 29.0 Å². The summed E-state index contributed by atoms with van der Waals surface area (Å²) in [5.74, 6) is -1.20. The lowest BCUT2D eigenvalue weighted by Gasteiger charge is -2.03. The lowest BCUT2D eigenvalue weighted by atomic mass is 10.1. The molecule has 0 amide bonds. The number of halogens is 1. The largest absolute Gasteiger partial charge is 0.368 e. The molecule has 2 rings (SSSR count). The highest BCUT2D eigenvalue weighted by atomic mass is 19.1. The number of nitrogen functional groups attached to an aromatic ring is 2. The fourth-order valence-electron chi connectivity index (χ4n) is 1.38. The van der Waals surface area contributed by atoms with Crippen molar-refractivity contribution in [1.82, 2.24) is 15.0 Å². The Labute approximate surface area is 99.6 Å². The summed E-state index contributed by atoms with van der Waals surface area (Å²) in [5, 5.41) is 10.8. The predicted molar refractivity (Wildman–Crippen MR) is 60.7 cm³/mol. The Morgan fingerprint density at radius 3 is 2.33 bits per heavy atom. The molecule has 0 radical (unpaired) electrons. The van der Waals surface area contributed by atoms with Gasteiger partial charge in [-0.1, -0.05) is 0 Å². The lowest BCUT2D eigenvalue weighted by molar-refractivity contribution is -0.384. The number of benzene rings is 1. The van der Waals surface area contributed by atoms with Crippen LogP contribution in [0.4, 0.5) is 22.0 Å². The maximum absolute atomic E-state index is 13.1. The number of hydrogen-bond acceptors (Lipinski definition) is 7. The van der Waals surface area contributed by atoms with Crippen molar-refractivity contribution in [3.05, 3.63) is 34.1 Å². The van der Waals surface area contributed by atoms with Crippen LogP contribution in [0.3, 0.4) is 0 Å². The van der Waals surface area contributed by atoms with Gasteiger partial charge in [-0.05, 0) is 12.1 Å². The highest BCUT2D eigenvalue weighted by Gasteiger charge is 2.19. The van der Waals surface area contributed by atoms with Gasteiger partial charge < -0.3 is 11.5 Å². The molecule has 0 unspecified atom stereocenters. The van der Waals surface area contributed by atoms with Crippen molar-refractivity contribution in [2.45, 2.75) is 0 Å². The van der Waals surface area contributed by atoms with Crippen LogP contribution in [0.15, 0.2) is 18.2 Å². The molecule has 0 aliphatic rings. The maximum Gasteiger partial charge on any atom is 0.280 e. The third kappa shape index (κ3) is 2.14. The molecular formula is C9H7FN6O2. The average Bonchev–Trinajstić information content (AvgIpc) is 2.27. The van der Waals surface area contributed by atoms with Gasteiger partial charge >= 0.3 is 0 Å². The van der Waals surface area contributed by atoms with E-state index in [1.165, 1.54) is 0 Å². The van der Waals surface area contributed by atoms with E-state index in [0.29, 0.717) is 0 Å². The van der Waals surface area contributed by atoms with Gasteiger partial charge in [-0.2, -0.15) is 15.0 Å². The molecule has 2 aromatic rings. The molecule has 8 nitrogen and oxygen atoms in total. The van der Waals surface area contributed by atoms with Gasteiger partial charge in [0.2, 0.25) is 11.9 Å². The van der Waals surface area contributed by atoms with E-state index in [2.05, 4.69) is 15.0 Å². The molecule has 0 aliphatic carbocycles. The summed E-state index contributed by atoms with van der Waals surface area (Å²) in [7, 11) is 0. The molecule has 1 aromatic heterocycles. The minimum atomic E-state index is -0.676. The number of nitrogens with two attached hydrogens (primary N) is 2. The van der Waals surface area contributed by atoms with Crippen LogP contribution in [-0.2, 0) is 0 Å². The molecule has 92 valence electrons. The fourth-order valence-corrected chi connectivity index (χ4v) is 1.38. The van der Waals surface area contributed by atoms with E-state index in [4.69, 9.17) is 11.5 Å². The maximum atomic E-state index is 13.1. The fraction of sp³-hybridized carbons (Fsp3) is 0. The normalized spacial score (nSPS) is 10.3. The van der Waals surface area contributed by atoms with Crippen molar-refractivity contribution in [3.63, 3.8) is 0 Å². The van der Waals surface area contributed by atoms with Crippen LogP contribution in [0.1, 0.15) is 0 Å². The quantitative estimate of drug-likeness (QED) is 0.593. The molecule has 1 aromatic carbocycles. The zero-order valence-corrected chi connectivity index (χ0v) is 8.87. The average molecular weight is 250 g/mol. The minimum Gasteiger partial charge on any atom is -0.368 e. The van der Waals surface area contributed by atoms with Gasteiger partial charge in [-0.25, -0.2) is 4.39 Å². The number of aromatic nitrogens is 3.